The van der Waals surface area contributed by atoms with Gasteiger partial charge in [0.1, 0.15) is 0 Å². The predicted octanol–water partition coefficient (Wildman–Crippen LogP) is 2.02. The molecule has 0 unspecified atom stereocenters. The van der Waals surface area contributed by atoms with Gasteiger partial charge in [0.2, 0.25) is 0 Å². The Kier molecular flexibility index (Phi) is 2.20. The van der Waals surface area contributed by atoms with Crippen LogP contribution in [0.15, 0.2) is 24.0 Å². The summed E-state index contributed by atoms with van der Waals surface area (Å²) in [5.74, 6) is 0.313. The molecule has 0 aromatic carbocycles. The largest absolute Gasteiger partial charge is 0.513 e. The first-order valence-electron chi connectivity index (χ1n) is 2.15. The molecule has 1 N–H and O–H groups in total. The first-order chi connectivity index (χ1) is 3.13. The standard InChI is InChI=1S/C6H10O/c1-5(2)4-6(3)7/h4,7H,1H2,2-3H3/b6-4-. The SMILES string of the molecule is C=C(C)/C=C(/C)O. The van der Waals surface area contributed by atoms with Crippen LogP contribution in [-0.4, -0.2) is 5.11 Å². The number of aliphatic hydroxyl groups excluding tert-OH is 1. The molecule has 0 aliphatic carbocycles. The molecular formula is C6H10O. The number of allylic oxidation sites excluding steroid dienone is 3. The normalized spacial score (nSPS) is 11.4. The van der Waals surface area contributed by atoms with Crippen LogP contribution in [0.25, 0.3) is 0 Å². The zero-order valence-electron chi connectivity index (χ0n) is 4.73. The predicted molar refractivity (Wildman–Crippen MR) is 31.2 cm³/mol. The van der Waals surface area contributed by atoms with Gasteiger partial charge in [0.25, 0.3) is 0 Å². The van der Waals surface area contributed by atoms with Gasteiger partial charge in [0.15, 0.2) is 0 Å². The summed E-state index contributed by atoms with van der Waals surface area (Å²) in [6.07, 6.45) is 1.61. The second kappa shape index (κ2) is 2.45. The summed E-state index contributed by atoms with van der Waals surface area (Å²) in [4.78, 5) is 0. The van der Waals surface area contributed by atoms with Gasteiger partial charge in [-0.2, -0.15) is 0 Å². The Labute approximate surface area is 44.0 Å². The molecule has 0 amide bonds. The Morgan fingerprint density at radius 2 is 2.00 bits per heavy atom. The van der Waals surface area contributed by atoms with Gasteiger partial charge in [-0.15, -0.1) is 0 Å². The molecule has 0 radical (unpaired) electrons. The van der Waals surface area contributed by atoms with Crippen LogP contribution in [0.3, 0.4) is 0 Å². The monoisotopic (exact) mass is 98.1 g/mol. The quantitative estimate of drug-likeness (QED) is 0.393. The summed E-state index contributed by atoms with van der Waals surface area (Å²) in [7, 11) is 0. The van der Waals surface area contributed by atoms with Crippen LogP contribution >= 0.6 is 0 Å². The average molecular weight is 98.1 g/mol. The van der Waals surface area contributed by atoms with Gasteiger partial charge in [-0.1, -0.05) is 12.2 Å². The van der Waals surface area contributed by atoms with Crippen molar-refractivity contribution in [2.24, 2.45) is 0 Å². The maximum atomic E-state index is 8.52. The lowest BCUT2D eigenvalue weighted by molar-refractivity contribution is 0.414. The molecule has 40 valence electrons. The Hall–Kier alpha value is -0.720. The molecule has 1 nitrogen and oxygen atoms in total. The van der Waals surface area contributed by atoms with E-state index in [-0.39, 0.29) is 0 Å². The van der Waals surface area contributed by atoms with Gasteiger partial charge in [-0.3, -0.25) is 0 Å². The van der Waals surface area contributed by atoms with Gasteiger partial charge in [-0.25, -0.2) is 0 Å². The zero-order valence-corrected chi connectivity index (χ0v) is 4.73. The Balaban J connectivity index is 3.68. The number of hydrogen-bond donors (Lipinski definition) is 1. The van der Waals surface area contributed by atoms with Crippen molar-refractivity contribution in [3.05, 3.63) is 24.0 Å². The molecule has 0 saturated carbocycles. The van der Waals surface area contributed by atoms with E-state index in [1.807, 2.05) is 6.92 Å². The van der Waals surface area contributed by atoms with E-state index < -0.39 is 0 Å². The van der Waals surface area contributed by atoms with Crippen molar-refractivity contribution < 1.29 is 5.11 Å². The van der Waals surface area contributed by atoms with Gasteiger partial charge in [0.05, 0.1) is 5.76 Å². The highest BCUT2D eigenvalue weighted by molar-refractivity contribution is 5.12. The second-order valence-corrected chi connectivity index (χ2v) is 1.63. The van der Waals surface area contributed by atoms with E-state index in [4.69, 9.17) is 5.11 Å². The molecule has 0 saturated heterocycles. The fourth-order valence-corrected chi connectivity index (χ4v) is 0.357. The molecule has 0 fully saturated rings. The van der Waals surface area contributed by atoms with Crippen molar-refractivity contribution in [3.63, 3.8) is 0 Å². The molecule has 0 aliphatic rings. The fourth-order valence-electron chi connectivity index (χ4n) is 0.357. The molecule has 0 aliphatic heterocycles. The van der Waals surface area contributed by atoms with Gasteiger partial charge < -0.3 is 5.11 Å². The van der Waals surface area contributed by atoms with Crippen LogP contribution in [0.4, 0.5) is 0 Å². The van der Waals surface area contributed by atoms with Crippen molar-refractivity contribution in [1.82, 2.24) is 0 Å². The molecule has 0 atom stereocenters. The fraction of sp³-hybridized carbons (Fsp3) is 0.333. The van der Waals surface area contributed by atoms with Crippen molar-refractivity contribution in [1.29, 1.82) is 0 Å². The molecule has 1 heteroatoms. The summed E-state index contributed by atoms with van der Waals surface area (Å²) in [5.41, 5.74) is 0.875. The average Bonchev–Trinajstić information content (AvgIpc) is 1.27. The summed E-state index contributed by atoms with van der Waals surface area (Å²) < 4.78 is 0. The minimum Gasteiger partial charge on any atom is -0.513 e. The summed E-state index contributed by atoms with van der Waals surface area (Å²) in [5, 5.41) is 8.52. The molecule has 0 spiro atoms. The second-order valence-electron chi connectivity index (χ2n) is 1.63. The molecule has 0 bridgehead atoms. The number of rotatable bonds is 1. The maximum absolute atomic E-state index is 8.52. The summed E-state index contributed by atoms with van der Waals surface area (Å²) in [6, 6.07) is 0. The molecule has 0 aromatic rings. The first-order valence-corrected chi connectivity index (χ1v) is 2.15. The van der Waals surface area contributed by atoms with Gasteiger partial charge >= 0.3 is 0 Å². The van der Waals surface area contributed by atoms with Crippen LogP contribution < -0.4 is 0 Å². The van der Waals surface area contributed by atoms with Gasteiger partial charge in [0, 0.05) is 0 Å². The lowest BCUT2D eigenvalue weighted by Gasteiger charge is -1.85. The van der Waals surface area contributed by atoms with Crippen LogP contribution in [0, 0.1) is 0 Å². The molecular weight excluding hydrogens is 88.1 g/mol. The molecule has 0 heterocycles. The maximum Gasteiger partial charge on any atom is 0.0894 e. The van der Waals surface area contributed by atoms with Crippen molar-refractivity contribution in [2.45, 2.75) is 13.8 Å². The smallest absolute Gasteiger partial charge is 0.0894 e. The van der Waals surface area contributed by atoms with E-state index in [1.165, 1.54) is 0 Å². The highest BCUT2D eigenvalue weighted by Gasteiger charge is 1.76. The van der Waals surface area contributed by atoms with E-state index in [0.717, 1.165) is 5.57 Å². The third-order valence-corrected chi connectivity index (χ3v) is 0.455. The minimum absolute atomic E-state index is 0.313. The Morgan fingerprint density at radius 1 is 1.57 bits per heavy atom. The van der Waals surface area contributed by atoms with E-state index in [0.29, 0.717) is 5.76 Å². The zero-order chi connectivity index (χ0) is 5.86. The van der Waals surface area contributed by atoms with Crippen LogP contribution in [0.2, 0.25) is 0 Å². The van der Waals surface area contributed by atoms with E-state index >= 15 is 0 Å². The molecule has 0 rings (SSSR count). The summed E-state index contributed by atoms with van der Waals surface area (Å²) >= 11 is 0. The highest BCUT2D eigenvalue weighted by atomic mass is 16.3. The van der Waals surface area contributed by atoms with Crippen molar-refractivity contribution in [3.8, 4) is 0 Å². The van der Waals surface area contributed by atoms with Crippen molar-refractivity contribution >= 4 is 0 Å². The van der Waals surface area contributed by atoms with Crippen LogP contribution in [0.5, 0.6) is 0 Å². The molecule has 7 heavy (non-hydrogen) atoms. The number of hydrogen-bond acceptors (Lipinski definition) is 1. The number of aliphatic hydroxyl groups is 1. The third kappa shape index (κ3) is 5.28. The lowest BCUT2D eigenvalue weighted by atomic mass is 10.3. The van der Waals surface area contributed by atoms with E-state index in [2.05, 4.69) is 6.58 Å². The molecule has 0 aromatic heterocycles. The van der Waals surface area contributed by atoms with E-state index in [9.17, 15) is 0 Å². The van der Waals surface area contributed by atoms with Crippen LogP contribution in [-0.2, 0) is 0 Å². The Morgan fingerprint density at radius 3 is 2.00 bits per heavy atom. The Bertz CT molecular complexity index is 96.7. The topological polar surface area (TPSA) is 20.2 Å². The lowest BCUT2D eigenvalue weighted by Crippen LogP contribution is -1.68. The van der Waals surface area contributed by atoms with Gasteiger partial charge in [-0.05, 0) is 19.9 Å². The first kappa shape index (κ1) is 6.28. The van der Waals surface area contributed by atoms with Crippen LogP contribution in [0.1, 0.15) is 13.8 Å². The highest BCUT2D eigenvalue weighted by Crippen LogP contribution is 1.92. The van der Waals surface area contributed by atoms with Crippen molar-refractivity contribution in [2.75, 3.05) is 0 Å². The minimum atomic E-state index is 0.313. The summed E-state index contributed by atoms with van der Waals surface area (Å²) in [6.45, 7) is 7.01. The van der Waals surface area contributed by atoms with E-state index in [1.54, 1.807) is 13.0 Å². The third-order valence-electron chi connectivity index (χ3n) is 0.455.